The van der Waals surface area contributed by atoms with Crippen molar-refractivity contribution in [3.8, 4) is 5.75 Å². The Balaban J connectivity index is 1.71. The van der Waals surface area contributed by atoms with Gasteiger partial charge in [0.05, 0.1) is 22.4 Å². The predicted octanol–water partition coefficient (Wildman–Crippen LogP) is 3.92. The van der Waals surface area contributed by atoms with Crippen molar-refractivity contribution in [3.05, 3.63) is 66.9 Å². The van der Waals surface area contributed by atoms with Gasteiger partial charge in [0, 0.05) is 26.5 Å². The van der Waals surface area contributed by atoms with E-state index in [1.807, 2.05) is 13.0 Å². The molecule has 1 aliphatic carbocycles. The number of aromatic hydroxyl groups is 1. The van der Waals surface area contributed by atoms with Crippen LogP contribution in [0.15, 0.2) is 34.1 Å². The minimum atomic E-state index is -0.708. The highest BCUT2D eigenvalue weighted by Gasteiger charge is 2.41. The summed E-state index contributed by atoms with van der Waals surface area (Å²) in [6, 6.07) is 2.93. The first-order valence-corrected chi connectivity index (χ1v) is 11.8. The van der Waals surface area contributed by atoms with Crippen LogP contribution in [-0.4, -0.2) is 40.0 Å². The van der Waals surface area contributed by atoms with Crippen molar-refractivity contribution < 1.29 is 9.90 Å². The summed E-state index contributed by atoms with van der Waals surface area (Å²) in [6.45, 7) is 4.07. The van der Waals surface area contributed by atoms with Gasteiger partial charge in [0.15, 0.2) is 11.4 Å². The van der Waals surface area contributed by atoms with Crippen LogP contribution in [0.1, 0.15) is 60.4 Å². The Morgan fingerprint density at radius 3 is 2.46 bits per heavy atom. The number of halogens is 1. The number of hydrogen-bond acceptors (Lipinski definition) is 8. The number of nitrogens with one attached hydrogen (secondary N) is 2. The van der Waals surface area contributed by atoms with Crippen molar-refractivity contribution in [2.45, 2.75) is 45.6 Å². The number of nitrogens with zero attached hydrogens (tertiary/aromatic N) is 3. The molecule has 1 atom stereocenters. The second-order valence-electron chi connectivity index (χ2n) is 9.58. The van der Waals surface area contributed by atoms with E-state index in [4.69, 9.17) is 11.6 Å². The number of hydrogen-bond donors (Lipinski definition) is 3. The topological polar surface area (TPSA) is 125 Å². The lowest BCUT2D eigenvalue weighted by molar-refractivity contribution is 0.0819. The molecular weight excluding hydrogens is 470 g/mol. The van der Waals surface area contributed by atoms with E-state index in [0.29, 0.717) is 5.02 Å². The zero-order chi connectivity index (χ0) is 25.5. The number of rotatable bonds is 7. The van der Waals surface area contributed by atoms with E-state index in [-0.39, 0.29) is 34.2 Å². The smallest absolute Gasteiger partial charge is 0.275 e. The SMILES string of the molecule is Cc1cc(Cl)cnc1[C@H](Nc1c(Nc2ccnc(C(=O)N(C)C)c2O)c(=O)c1=O)C1(C)CCCC1. The summed E-state index contributed by atoms with van der Waals surface area (Å²) in [5.74, 6) is -0.896. The second kappa shape index (κ2) is 9.30. The summed E-state index contributed by atoms with van der Waals surface area (Å²) in [7, 11) is 3.08. The molecule has 0 aliphatic heterocycles. The van der Waals surface area contributed by atoms with Gasteiger partial charge in [-0.25, -0.2) is 4.98 Å². The molecule has 0 bridgehead atoms. The quantitative estimate of drug-likeness (QED) is 0.419. The molecule has 3 aromatic rings. The highest BCUT2D eigenvalue weighted by molar-refractivity contribution is 6.30. The lowest BCUT2D eigenvalue weighted by atomic mass is 9.77. The van der Waals surface area contributed by atoms with Crippen LogP contribution in [0.2, 0.25) is 5.02 Å². The van der Waals surface area contributed by atoms with Crippen LogP contribution >= 0.6 is 11.6 Å². The molecule has 3 N–H and O–H groups in total. The molecule has 4 rings (SSSR count). The number of aromatic nitrogens is 2. The van der Waals surface area contributed by atoms with E-state index < -0.39 is 22.5 Å². The van der Waals surface area contributed by atoms with Crippen LogP contribution in [0.3, 0.4) is 0 Å². The highest BCUT2D eigenvalue weighted by Crippen LogP contribution is 2.49. The third-order valence-electron chi connectivity index (χ3n) is 6.79. The molecule has 1 aromatic carbocycles. The number of amides is 1. The van der Waals surface area contributed by atoms with Crippen molar-refractivity contribution >= 4 is 34.6 Å². The largest absolute Gasteiger partial charge is 0.504 e. The summed E-state index contributed by atoms with van der Waals surface area (Å²) in [4.78, 5) is 47.3. The number of carbonyl (C=O) groups is 1. The average Bonchev–Trinajstić information content (AvgIpc) is 3.26. The van der Waals surface area contributed by atoms with Gasteiger partial charge in [0.2, 0.25) is 0 Å². The van der Waals surface area contributed by atoms with Gasteiger partial charge in [-0.05, 0) is 42.9 Å². The van der Waals surface area contributed by atoms with Gasteiger partial charge in [-0.3, -0.25) is 19.4 Å². The minimum absolute atomic E-state index is 0.0259. The zero-order valence-electron chi connectivity index (χ0n) is 20.1. The molecule has 0 radical (unpaired) electrons. The van der Waals surface area contributed by atoms with Crippen LogP contribution < -0.4 is 21.5 Å². The second-order valence-corrected chi connectivity index (χ2v) is 10.0. The molecule has 35 heavy (non-hydrogen) atoms. The average molecular weight is 498 g/mol. The molecule has 1 fully saturated rings. The Bertz CT molecular complexity index is 1360. The fraction of sp³-hybridized carbons (Fsp3) is 0.400. The molecule has 2 heterocycles. The molecular formula is C25H28ClN5O4. The molecule has 0 spiro atoms. The standard InChI is InChI=1S/C25H28ClN5O4/c1-13-11-14(26)12-28-16(13)23(25(2)8-5-6-9-25)30-18-17(21(33)22(18)34)29-15-7-10-27-19(20(15)32)24(35)31(3)4/h7,10-12,23,30,32H,5-6,8-9H2,1-4H3,(H,27,29)/t23-/m0/s1. The monoisotopic (exact) mass is 497 g/mol. The van der Waals surface area contributed by atoms with Crippen LogP contribution in [0.4, 0.5) is 17.1 Å². The van der Waals surface area contributed by atoms with E-state index in [2.05, 4.69) is 27.5 Å². The van der Waals surface area contributed by atoms with Crippen molar-refractivity contribution in [2.24, 2.45) is 5.41 Å². The van der Waals surface area contributed by atoms with Crippen LogP contribution in [0.5, 0.6) is 5.75 Å². The Kier molecular flexibility index (Phi) is 6.55. The number of carbonyl (C=O) groups excluding carboxylic acids is 1. The number of anilines is 3. The zero-order valence-corrected chi connectivity index (χ0v) is 20.9. The Hall–Kier alpha value is -3.46. The van der Waals surface area contributed by atoms with Gasteiger partial charge in [-0.1, -0.05) is 31.4 Å². The summed E-state index contributed by atoms with van der Waals surface area (Å²) in [5, 5.41) is 17.3. The Labute approximate surface area is 207 Å². The molecule has 1 saturated carbocycles. The van der Waals surface area contributed by atoms with Crippen LogP contribution in [0, 0.1) is 12.3 Å². The first kappa shape index (κ1) is 24.7. The lowest BCUT2D eigenvalue weighted by Gasteiger charge is -2.36. The normalized spacial score (nSPS) is 15.7. The Morgan fingerprint density at radius 1 is 1.17 bits per heavy atom. The molecule has 1 aliphatic rings. The maximum absolute atomic E-state index is 12.6. The maximum Gasteiger partial charge on any atom is 0.275 e. The lowest BCUT2D eigenvalue weighted by Crippen LogP contribution is -2.40. The first-order chi connectivity index (χ1) is 16.5. The summed E-state index contributed by atoms with van der Waals surface area (Å²) in [6.07, 6.45) is 6.93. The van der Waals surface area contributed by atoms with Gasteiger partial charge in [0.25, 0.3) is 16.8 Å². The van der Waals surface area contributed by atoms with E-state index >= 15 is 0 Å². The molecule has 0 saturated heterocycles. The van der Waals surface area contributed by atoms with Crippen molar-refractivity contribution in [3.63, 3.8) is 0 Å². The molecule has 2 aromatic heterocycles. The minimum Gasteiger partial charge on any atom is -0.504 e. The van der Waals surface area contributed by atoms with Gasteiger partial charge in [-0.15, -0.1) is 0 Å². The Morgan fingerprint density at radius 2 is 1.83 bits per heavy atom. The molecule has 0 unspecified atom stereocenters. The number of aryl methyl sites for hydroxylation is 1. The molecule has 184 valence electrons. The summed E-state index contributed by atoms with van der Waals surface area (Å²) >= 11 is 6.13. The highest BCUT2D eigenvalue weighted by atomic mass is 35.5. The third-order valence-corrected chi connectivity index (χ3v) is 7.00. The van der Waals surface area contributed by atoms with E-state index in [9.17, 15) is 19.5 Å². The van der Waals surface area contributed by atoms with E-state index in [0.717, 1.165) is 36.9 Å². The maximum atomic E-state index is 12.6. The molecule has 1 amide bonds. The van der Waals surface area contributed by atoms with E-state index in [1.165, 1.54) is 17.2 Å². The fourth-order valence-electron chi connectivity index (χ4n) is 4.75. The molecule has 9 nitrogen and oxygen atoms in total. The fourth-order valence-corrected chi connectivity index (χ4v) is 4.96. The van der Waals surface area contributed by atoms with Crippen molar-refractivity contribution in [2.75, 3.05) is 24.7 Å². The number of pyridine rings is 2. The summed E-state index contributed by atoms with van der Waals surface area (Å²) < 4.78 is 0. The van der Waals surface area contributed by atoms with E-state index in [1.54, 1.807) is 20.3 Å². The van der Waals surface area contributed by atoms with Crippen LogP contribution in [0.25, 0.3) is 0 Å². The van der Waals surface area contributed by atoms with Gasteiger partial charge >= 0.3 is 0 Å². The van der Waals surface area contributed by atoms with Crippen LogP contribution in [-0.2, 0) is 0 Å². The molecule has 10 heteroatoms. The van der Waals surface area contributed by atoms with Crippen molar-refractivity contribution in [1.29, 1.82) is 0 Å². The van der Waals surface area contributed by atoms with Crippen molar-refractivity contribution in [1.82, 2.24) is 14.9 Å². The first-order valence-electron chi connectivity index (χ1n) is 11.4. The third kappa shape index (κ3) is 4.48. The van der Waals surface area contributed by atoms with Gasteiger partial charge < -0.3 is 20.6 Å². The van der Waals surface area contributed by atoms with Gasteiger partial charge in [-0.2, -0.15) is 0 Å². The summed E-state index contributed by atoms with van der Waals surface area (Å²) in [5.41, 5.74) is 0.198. The van der Waals surface area contributed by atoms with Gasteiger partial charge in [0.1, 0.15) is 11.4 Å². The predicted molar refractivity (Wildman–Crippen MR) is 135 cm³/mol.